The second-order valence-electron chi connectivity index (χ2n) is 5.08. The van der Waals surface area contributed by atoms with Crippen LogP contribution in [0.25, 0.3) is 6.08 Å². The summed E-state index contributed by atoms with van der Waals surface area (Å²) < 4.78 is 24.6. The molecule has 0 radical (unpaired) electrons. The molecule has 0 aliphatic heterocycles. The van der Waals surface area contributed by atoms with E-state index in [0.29, 0.717) is 16.8 Å². The molecule has 0 unspecified atom stereocenters. The predicted molar refractivity (Wildman–Crippen MR) is 91.7 cm³/mol. The summed E-state index contributed by atoms with van der Waals surface area (Å²) in [5, 5.41) is 8.82. The lowest BCUT2D eigenvalue weighted by Crippen LogP contribution is -2.09. The van der Waals surface area contributed by atoms with Crippen molar-refractivity contribution in [1.82, 2.24) is 0 Å². The number of carboxylic acid groups (broad SMARTS) is 1. The van der Waals surface area contributed by atoms with Crippen LogP contribution in [-0.2, 0) is 10.0 Å². The zero-order chi connectivity index (χ0) is 17.7. The summed E-state index contributed by atoms with van der Waals surface area (Å²) in [6, 6.07) is 12.2. The van der Waals surface area contributed by atoms with E-state index in [2.05, 4.69) is 4.72 Å². The standard InChI is InChI=1S/C17H15NO5S/c1-24(22,23)18-15-9-7-13(8-10-15)16(19)11-4-12-2-5-14(6-3-12)17(20)21/h2-11,18H,1H3,(H,20,21)/b11-4+. The fourth-order valence-corrected chi connectivity index (χ4v) is 2.49. The Labute approximate surface area is 139 Å². The van der Waals surface area contributed by atoms with Crippen molar-refractivity contribution >= 4 is 33.5 Å². The Kier molecular flexibility index (Phi) is 5.15. The molecule has 7 heteroatoms. The lowest BCUT2D eigenvalue weighted by atomic mass is 10.1. The van der Waals surface area contributed by atoms with Gasteiger partial charge in [-0.25, -0.2) is 13.2 Å². The third-order valence-corrected chi connectivity index (χ3v) is 3.66. The van der Waals surface area contributed by atoms with Gasteiger partial charge in [-0.1, -0.05) is 18.2 Å². The Morgan fingerprint density at radius 2 is 1.50 bits per heavy atom. The van der Waals surface area contributed by atoms with Crippen molar-refractivity contribution in [1.29, 1.82) is 0 Å². The van der Waals surface area contributed by atoms with E-state index < -0.39 is 16.0 Å². The van der Waals surface area contributed by atoms with Gasteiger partial charge in [0.25, 0.3) is 0 Å². The third-order valence-electron chi connectivity index (χ3n) is 3.06. The van der Waals surface area contributed by atoms with Gasteiger partial charge >= 0.3 is 5.97 Å². The topological polar surface area (TPSA) is 101 Å². The normalized spacial score (nSPS) is 11.4. The Balaban J connectivity index is 2.07. The van der Waals surface area contributed by atoms with Gasteiger partial charge < -0.3 is 5.11 Å². The molecule has 0 amide bonds. The molecular formula is C17H15NO5S. The van der Waals surface area contributed by atoms with Gasteiger partial charge in [-0.15, -0.1) is 0 Å². The van der Waals surface area contributed by atoms with Gasteiger partial charge in [0.2, 0.25) is 10.0 Å². The van der Waals surface area contributed by atoms with Gasteiger partial charge in [-0.3, -0.25) is 9.52 Å². The van der Waals surface area contributed by atoms with Crippen molar-refractivity contribution in [2.45, 2.75) is 0 Å². The summed E-state index contributed by atoms with van der Waals surface area (Å²) >= 11 is 0. The molecule has 2 aromatic rings. The average molecular weight is 345 g/mol. The lowest BCUT2D eigenvalue weighted by molar-refractivity contribution is 0.0696. The molecular weight excluding hydrogens is 330 g/mol. The number of carboxylic acids is 1. The molecule has 124 valence electrons. The Morgan fingerprint density at radius 1 is 0.958 bits per heavy atom. The molecule has 0 atom stereocenters. The molecule has 0 saturated carbocycles. The summed E-state index contributed by atoms with van der Waals surface area (Å²) in [7, 11) is -3.36. The predicted octanol–water partition coefficient (Wildman–Crippen LogP) is 2.65. The molecule has 0 bridgehead atoms. The lowest BCUT2D eigenvalue weighted by Gasteiger charge is -2.04. The van der Waals surface area contributed by atoms with E-state index in [4.69, 9.17) is 5.11 Å². The molecule has 6 nitrogen and oxygen atoms in total. The number of benzene rings is 2. The number of ketones is 1. The first-order valence-electron chi connectivity index (χ1n) is 6.88. The molecule has 0 aliphatic rings. The highest BCUT2D eigenvalue weighted by atomic mass is 32.2. The first-order chi connectivity index (χ1) is 11.2. The van der Waals surface area contributed by atoms with Crippen molar-refractivity contribution in [3.63, 3.8) is 0 Å². The van der Waals surface area contributed by atoms with Crippen LogP contribution in [-0.4, -0.2) is 31.5 Å². The third kappa shape index (κ3) is 5.06. The summed E-state index contributed by atoms with van der Waals surface area (Å²) in [5.41, 5.74) is 1.66. The van der Waals surface area contributed by atoms with Crippen LogP contribution >= 0.6 is 0 Å². The number of rotatable bonds is 6. The summed E-state index contributed by atoms with van der Waals surface area (Å²) in [5.74, 6) is -1.26. The fraction of sp³-hybridized carbons (Fsp3) is 0.0588. The van der Waals surface area contributed by atoms with Crippen LogP contribution in [0.15, 0.2) is 54.6 Å². The van der Waals surface area contributed by atoms with E-state index in [1.165, 1.54) is 42.5 Å². The summed E-state index contributed by atoms with van der Waals surface area (Å²) in [4.78, 5) is 22.8. The number of nitrogens with one attached hydrogen (secondary N) is 1. The number of carbonyl (C=O) groups is 2. The maximum Gasteiger partial charge on any atom is 0.335 e. The largest absolute Gasteiger partial charge is 0.478 e. The molecule has 2 N–H and O–H groups in total. The van der Waals surface area contributed by atoms with Gasteiger partial charge in [0.15, 0.2) is 5.78 Å². The first-order valence-corrected chi connectivity index (χ1v) is 8.77. The van der Waals surface area contributed by atoms with Gasteiger partial charge in [0.1, 0.15) is 0 Å². The van der Waals surface area contributed by atoms with Crippen LogP contribution in [0, 0.1) is 0 Å². The van der Waals surface area contributed by atoms with Crippen LogP contribution in [0.4, 0.5) is 5.69 Å². The molecule has 0 aliphatic carbocycles. The molecule has 2 rings (SSSR count). The monoisotopic (exact) mass is 345 g/mol. The molecule has 0 aromatic heterocycles. The fourth-order valence-electron chi connectivity index (χ4n) is 1.92. The highest BCUT2D eigenvalue weighted by Gasteiger charge is 2.05. The molecule has 0 fully saturated rings. The van der Waals surface area contributed by atoms with Crippen LogP contribution < -0.4 is 4.72 Å². The van der Waals surface area contributed by atoms with Crippen LogP contribution in [0.2, 0.25) is 0 Å². The SMILES string of the molecule is CS(=O)(=O)Nc1ccc(C(=O)/C=C/c2ccc(C(=O)O)cc2)cc1. The van der Waals surface area contributed by atoms with Crippen molar-refractivity contribution in [3.8, 4) is 0 Å². The molecule has 0 saturated heterocycles. The second-order valence-corrected chi connectivity index (χ2v) is 6.82. The van der Waals surface area contributed by atoms with Crippen molar-refractivity contribution in [3.05, 3.63) is 71.3 Å². The molecule has 2 aromatic carbocycles. The van der Waals surface area contributed by atoms with Gasteiger partial charge in [-0.2, -0.15) is 0 Å². The number of hydrogen-bond acceptors (Lipinski definition) is 4. The van der Waals surface area contributed by atoms with E-state index in [9.17, 15) is 18.0 Å². The number of carbonyl (C=O) groups excluding carboxylic acids is 1. The van der Waals surface area contributed by atoms with Crippen molar-refractivity contribution in [2.24, 2.45) is 0 Å². The minimum Gasteiger partial charge on any atom is -0.478 e. The molecule has 0 heterocycles. The zero-order valence-electron chi connectivity index (χ0n) is 12.8. The Morgan fingerprint density at radius 3 is 2.00 bits per heavy atom. The van der Waals surface area contributed by atoms with E-state index in [-0.39, 0.29) is 11.3 Å². The average Bonchev–Trinajstić information content (AvgIpc) is 2.52. The van der Waals surface area contributed by atoms with Crippen molar-refractivity contribution in [2.75, 3.05) is 11.0 Å². The van der Waals surface area contributed by atoms with E-state index in [1.54, 1.807) is 18.2 Å². The van der Waals surface area contributed by atoms with Crippen LogP contribution in [0.3, 0.4) is 0 Å². The first kappa shape index (κ1) is 17.4. The minimum atomic E-state index is -3.36. The smallest absolute Gasteiger partial charge is 0.335 e. The van der Waals surface area contributed by atoms with Gasteiger partial charge in [0.05, 0.1) is 11.8 Å². The maximum atomic E-state index is 12.1. The number of aromatic carboxylic acids is 1. The number of hydrogen-bond donors (Lipinski definition) is 2. The number of anilines is 1. The number of allylic oxidation sites excluding steroid dienone is 1. The second kappa shape index (κ2) is 7.10. The number of sulfonamides is 1. The quantitative estimate of drug-likeness (QED) is 0.619. The highest BCUT2D eigenvalue weighted by molar-refractivity contribution is 7.92. The van der Waals surface area contributed by atoms with Crippen LogP contribution in [0.5, 0.6) is 0 Å². The van der Waals surface area contributed by atoms with Gasteiger partial charge in [0, 0.05) is 11.3 Å². The Hall–Kier alpha value is -2.93. The van der Waals surface area contributed by atoms with E-state index in [1.807, 2.05) is 0 Å². The van der Waals surface area contributed by atoms with Crippen molar-refractivity contribution < 1.29 is 23.1 Å². The minimum absolute atomic E-state index is 0.174. The Bertz CT molecular complexity index is 882. The zero-order valence-corrected chi connectivity index (χ0v) is 13.6. The summed E-state index contributed by atoms with van der Waals surface area (Å²) in [6.45, 7) is 0. The van der Waals surface area contributed by atoms with E-state index in [0.717, 1.165) is 6.26 Å². The van der Waals surface area contributed by atoms with Crippen LogP contribution in [0.1, 0.15) is 26.3 Å². The maximum absolute atomic E-state index is 12.1. The molecule has 24 heavy (non-hydrogen) atoms. The molecule has 0 spiro atoms. The van der Waals surface area contributed by atoms with E-state index >= 15 is 0 Å². The highest BCUT2D eigenvalue weighted by Crippen LogP contribution is 2.13. The summed E-state index contributed by atoms with van der Waals surface area (Å²) in [6.07, 6.45) is 4.00. The van der Waals surface area contributed by atoms with Gasteiger partial charge in [-0.05, 0) is 48.0 Å².